The second-order valence-corrected chi connectivity index (χ2v) is 6.32. The van der Waals surface area contributed by atoms with Gasteiger partial charge in [-0.2, -0.15) is 4.98 Å². The number of carbonyl (C=O) groups excluding carboxylic acids is 1. The Morgan fingerprint density at radius 2 is 1.81 bits per heavy atom. The van der Waals surface area contributed by atoms with Crippen LogP contribution in [0.5, 0.6) is 11.5 Å². The summed E-state index contributed by atoms with van der Waals surface area (Å²) in [6.07, 6.45) is 0.0126. The Bertz CT molecular complexity index is 955. The average Bonchev–Trinajstić information content (AvgIpc) is 3.12. The van der Waals surface area contributed by atoms with Crippen molar-refractivity contribution < 1.29 is 14.3 Å². The first kappa shape index (κ1) is 19.0. The van der Waals surface area contributed by atoms with E-state index in [0.717, 1.165) is 5.56 Å². The Morgan fingerprint density at radius 3 is 2.48 bits per heavy atom. The molecule has 1 amide bonds. The third-order valence-corrected chi connectivity index (χ3v) is 4.50. The minimum Gasteiger partial charge on any atom is -0.493 e. The molecule has 3 aromatic rings. The van der Waals surface area contributed by atoms with E-state index in [1.165, 1.54) is 0 Å². The number of nitrogens with zero attached hydrogens (tertiary/aromatic N) is 2. The largest absolute Gasteiger partial charge is 0.493 e. The number of hydrogen-bond donors (Lipinski definition) is 2. The van der Waals surface area contributed by atoms with Gasteiger partial charge in [-0.1, -0.05) is 29.3 Å². The number of aromatic nitrogens is 3. The van der Waals surface area contributed by atoms with Gasteiger partial charge in [0.2, 0.25) is 11.9 Å². The summed E-state index contributed by atoms with van der Waals surface area (Å²) in [5, 5.41) is 10.3. The Labute approximate surface area is 165 Å². The number of methoxy groups -OCH3 is 2. The lowest BCUT2D eigenvalue weighted by molar-refractivity contribution is -0.115. The van der Waals surface area contributed by atoms with Gasteiger partial charge in [0.05, 0.1) is 20.6 Å². The number of benzene rings is 2. The molecule has 0 saturated heterocycles. The number of nitrogens with one attached hydrogen (secondary N) is 2. The highest BCUT2D eigenvalue weighted by Gasteiger charge is 2.14. The molecule has 0 aliphatic rings. The smallest absolute Gasteiger partial charge is 0.249 e. The first-order chi connectivity index (χ1) is 13.0. The Kier molecular flexibility index (Phi) is 5.83. The number of halogens is 2. The lowest BCUT2D eigenvalue weighted by Crippen LogP contribution is -2.16. The maximum absolute atomic E-state index is 12.3. The van der Waals surface area contributed by atoms with Crippen LogP contribution in [0.3, 0.4) is 0 Å². The molecule has 1 aromatic heterocycles. The summed E-state index contributed by atoms with van der Waals surface area (Å²) in [5.41, 5.74) is 1.28. The molecule has 0 bridgehead atoms. The molecule has 2 aromatic carbocycles. The monoisotopic (exact) mass is 406 g/mol. The maximum Gasteiger partial charge on any atom is 0.249 e. The van der Waals surface area contributed by atoms with E-state index in [1.54, 1.807) is 50.6 Å². The molecule has 0 saturated carbocycles. The summed E-state index contributed by atoms with van der Waals surface area (Å²) < 4.78 is 10.5. The Hall–Kier alpha value is -2.77. The van der Waals surface area contributed by atoms with Crippen LogP contribution >= 0.6 is 23.2 Å². The van der Waals surface area contributed by atoms with E-state index in [2.05, 4.69) is 20.5 Å². The van der Waals surface area contributed by atoms with Crippen LogP contribution < -0.4 is 14.8 Å². The number of hydrogen-bond acceptors (Lipinski definition) is 5. The van der Waals surface area contributed by atoms with E-state index in [-0.39, 0.29) is 18.3 Å². The third kappa shape index (κ3) is 4.32. The molecule has 2 N–H and O–H groups in total. The van der Waals surface area contributed by atoms with Crippen molar-refractivity contribution in [1.29, 1.82) is 0 Å². The summed E-state index contributed by atoms with van der Waals surface area (Å²) in [4.78, 5) is 16.5. The summed E-state index contributed by atoms with van der Waals surface area (Å²) >= 11 is 12.2. The highest BCUT2D eigenvalue weighted by Crippen LogP contribution is 2.31. The average molecular weight is 407 g/mol. The predicted molar refractivity (Wildman–Crippen MR) is 104 cm³/mol. The number of ether oxygens (including phenoxy) is 2. The van der Waals surface area contributed by atoms with Gasteiger partial charge in [-0.3, -0.25) is 15.2 Å². The fourth-order valence-corrected chi connectivity index (χ4v) is 2.99. The number of aromatic amines is 1. The summed E-state index contributed by atoms with van der Waals surface area (Å²) in [7, 11) is 3.11. The van der Waals surface area contributed by atoms with Crippen LogP contribution in [0.15, 0.2) is 36.4 Å². The molecule has 0 spiro atoms. The fraction of sp³-hybridized carbons (Fsp3) is 0.167. The Morgan fingerprint density at radius 1 is 1.11 bits per heavy atom. The van der Waals surface area contributed by atoms with Crippen LogP contribution in [0.25, 0.3) is 11.4 Å². The van der Waals surface area contributed by atoms with Crippen molar-refractivity contribution in [3.8, 4) is 22.9 Å². The molecule has 140 valence electrons. The van der Waals surface area contributed by atoms with Gasteiger partial charge in [0.25, 0.3) is 0 Å². The minimum atomic E-state index is -0.331. The van der Waals surface area contributed by atoms with E-state index in [4.69, 9.17) is 32.7 Å². The van der Waals surface area contributed by atoms with Gasteiger partial charge in [-0.15, -0.1) is 5.10 Å². The summed E-state index contributed by atoms with van der Waals surface area (Å²) in [6, 6.07) is 10.4. The van der Waals surface area contributed by atoms with Gasteiger partial charge >= 0.3 is 0 Å². The molecule has 0 aliphatic heterocycles. The van der Waals surface area contributed by atoms with Crippen LogP contribution in [0.2, 0.25) is 10.0 Å². The van der Waals surface area contributed by atoms with Crippen molar-refractivity contribution >= 4 is 35.1 Å². The second kappa shape index (κ2) is 8.28. The number of anilines is 1. The van der Waals surface area contributed by atoms with Crippen LogP contribution in [0, 0.1) is 0 Å². The maximum atomic E-state index is 12.3. The molecule has 0 unspecified atom stereocenters. The number of carbonyl (C=O) groups is 1. The third-order valence-electron chi connectivity index (χ3n) is 3.79. The molecule has 9 heteroatoms. The minimum absolute atomic E-state index is 0.0126. The number of rotatable bonds is 6. The standard InChI is InChI=1S/C18H16Cl2N4O3/c1-26-14-7-6-10(8-15(14)27-2)17-22-18(24-23-17)21-16(25)9-11-12(19)4-3-5-13(11)20/h3-8H,9H2,1-2H3,(H2,21,22,23,24,25). The second-order valence-electron chi connectivity index (χ2n) is 5.50. The van der Waals surface area contributed by atoms with Crippen LogP contribution in [0.1, 0.15) is 5.56 Å². The van der Waals surface area contributed by atoms with Crippen LogP contribution in [-0.4, -0.2) is 35.3 Å². The zero-order valence-corrected chi connectivity index (χ0v) is 16.1. The molecule has 27 heavy (non-hydrogen) atoms. The normalized spacial score (nSPS) is 10.5. The zero-order chi connectivity index (χ0) is 19.4. The van der Waals surface area contributed by atoms with Gasteiger partial charge in [-0.25, -0.2) is 0 Å². The van der Waals surface area contributed by atoms with Gasteiger partial charge in [0.15, 0.2) is 17.3 Å². The van der Waals surface area contributed by atoms with E-state index >= 15 is 0 Å². The van der Waals surface area contributed by atoms with Crippen molar-refractivity contribution in [3.05, 3.63) is 52.0 Å². The summed E-state index contributed by atoms with van der Waals surface area (Å²) in [6.45, 7) is 0. The van der Waals surface area contributed by atoms with Gasteiger partial charge in [-0.05, 0) is 35.9 Å². The topological polar surface area (TPSA) is 89.1 Å². The van der Waals surface area contributed by atoms with Gasteiger partial charge in [0, 0.05) is 15.6 Å². The van der Waals surface area contributed by atoms with Crippen molar-refractivity contribution in [2.24, 2.45) is 0 Å². The summed E-state index contributed by atoms with van der Waals surface area (Å²) in [5.74, 6) is 1.45. The van der Waals surface area contributed by atoms with Gasteiger partial charge in [0.1, 0.15) is 0 Å². The Balaban J connectivity index is 1.73. The van der Waals surface area contributed by atoms with Crippen LogP contribution in [-0.2, 0) is 11.2 Å². The first-order valence-electron chi connectivity index (χ1n) is 7.89. The molecular weight excluding hydrogens is 391 g/mol. The van der Waals surface area contributed by atoms with Crippen molar-refractivity contribution in [2.75, 3.05) is 19.5 Å². The quantitative estimate of drug-likeness (QED) is 0.646. The van der Waals surface area contributed by atoms with Crippen molar-refractivity contribution in [3.63, 3.8) is 0 Å². The molecule has 1 heterocycles. The van der Waals surface area contributed by atoms with Crippen molar-refractivity contribution in [1.82, 2.24) is 15.2 Å². The molecule has 7 nitrogen and oxygen atoms in total. The van der Waals surface area contributed by atoms with Gasteiger partial charge < -0.3 is 9.47 Å². The molecule has 0 fully saturated rings. The molecule has 0 aliphatic carbocycles. The SMILES string of the molecule is COc1ccc(-c2nc(NC(=O)Cc3c(Cl)cccc3Cl)n[nH]2)cc1OC. The highest BCUT2D eigenvalue weighted by molar-refractivity contribution is 6.36. The molecule has 0 radical (unpaired) electrons. The lowest BCUT2D eigenvalue weighted by atomic mass is 10.1. The van der Waals surface area contributed by atoms with E-state index in [0.29, 0.717) is 32.9 Å². The van der Waals surface area contributed by atoms with E-state index in [9.17, 15) is 4.79 Å². The first-order valence-corrected chi connectivity index (χ1v) is 8.65. The van der Waals surface area contributed by atoms with E-state index in [1.807, 2.05) is 0 Å². The number of amides is 1. The van der Waals surface area contributed by atoms with Crippen LogP contribution in [0.4, 0.5) is 5.95 Å². The molecule has 0 atom stereocenters. The zero-order valence-electron chi connectivity index (χ0n) is 14.5. The fourth-order valence-electron chi connectivity index (χ4n) is 2.46. The molecular formula is C18H16Cl2N4O3. The van der Waals surface area contributed by atoms with Crippen molar-refractivity contribution in [2.45, 2.75) is 6.42 Å². The highest BCUT2D eigenvalue weighted by atomic mass is 35.5. The predicted octanol–water partition coefficient (Wildman–Crippen LogP) is 3.98. The lowest BCUT2D eigenvalue weighted by Gasteiger charge is -2.08. The van der Waals surface area contributed by atoms with E-state index < -0.39 is 0 Å². The number of H-pyrrole nitrogens is 1. The molecule has 3 rings (SSSR count).